The van der Waals surface area contributed by atoms with Crippen LogP contribution in [0.4, 0.5) is 11.8 Å². The van der Waals surface area contributed by atoms with Crippen LogP contribution in [0.3, 0.4) is 0 Å². The molecule has 8 nitrogen and oxygen atoms in total. The van der Waals surface area contributed by atoms with Crippen molar-refractivity contribution >= 4 is 22.8 Å². The maximum absolute atomic E-state index is 5.58. The molecule has 3 N–H and O–H groups in total. The van der Waals surface area contributed by atoms with Crippen LogP contribution in [0.5, 0.6) is 0 Å². The van der Waals surface area contributed by atoms with Crippen LogP contribution in [0.2, 0.25) is 0 Å². The Labute approximate surface area is 109 Å². The monoisotopic (exact) mass is 264 g/mol. The van der Waals surface area contributed by atoms with Gasteiger partial charge in [0.05, 0.1) is 37.5 Å². The third kappa shape index (κ3) is 2.59. The highest BCUT2D eigenvalue weighted by Crippen LogP contribution is 2.19. The van der Waals surface area contributed by atoms with Gasteiger partial charge in [-0.05, 0) is 0 Å². The third-order valence-corrected chi connectivity index (χ3v) is 2.92. The van der Waals surface area contributed by atoms with Gasteiger partial charge in [-0.15, -0.1) is 0 Å². The highest BCUT2D eigenvalue weighted by molar-refractivity contribution is 5.86. The maximum Gasteiger partial charge on any atom is 0.226 e. The molecule has 0 aliphatic carbocycles. The van der Waals surface area contributed by atoms with E-state index in [-0.39, 0.29) is 6.10 Å². The van der Waals surface area contributed by atoms with Gasteiger partial charge in [0.1, 0.15) is 5.82 Å². The van der Waals surface area contributed by atoms with Crippen molar-refractivity contribution in [1.29, 1.82) is 0 Å². The van der Waals surface area contributed by atoms with Crippen LogP contribution < -0.4 is 10.6 Å². The van der Waals surface area contributed by atoms with Crippen LogP contribution in [0.25, 0.3) is 11.0 Å². The normalized spacial score (nSPS) is 19.5. The Morgan fingerprint density at radius 3 is 3.16 bits per heavy atom. The van der Waals surface area contributed by atoms with Crippen molar-refractivity contribution in [2.45, 2.75) is 6.10 Å². The van der Waals surface area contributed by atoms with Crippen molar-refractivity contribution in [2.75, 3.05) is 44.0 Å². The van der Waals surface area contributed by atoms with Crippen molar-refractivity contribution in [3.63, 3.8) is 0 Å². The minimum absolute atomic E-state index is 0.0451. The number of ether oxygens (including phenoxy) is 2. The van der Waals surface area contributed by atoms with E-state index in [1.165, 1.54) is 0 Å². The molecule has 1 aliphatic heterocycles. The highest BCUT2D eigenvalue weighted by atomic mass is 16.6. The summed E-state index contributed by atoms with van der Waals surface area (Å²) in [5.41, 5.74) is 0.697. The predicted molar refractivity (Wildman–Crippen MR) is 70.3 cm³/mol. The number of anilines is 2. The second kappa shape index (κ2) is 5.37. The van der Waals surface area contributed by atoms with Crippen LogP contribution in [-0.2, 0) is 9.47 Å². The Kier molecular flexibility index (Phi) is 3.43. The van der Waals surface area contributed by atoms with Gasteiger partial charge in [0.15, 0.2) is 5.65 Å². The molecule has 3 heterocycles. The van der Waals surface area contributed by atoms with Gasteiger partial charge >= 0.3 is 0 Å². The first-order valence-corrected chi connectivity index (χ1v) is 6.19. The predicted octanol–water partition coefficient (Wildman–Crippen LogP) is 0.222. The molecule has 2 aromatic rings. The number of H-pyrrole nitrogens is 1. The van der Waals surface area contributed by atoms with Gasteiger partial charge in [-0.3, -0.25) is 5.10 Å². The summed E-state index contributed by atoms with van der Waals surface area (Å²) >= 11 is 0. The first-order chi connectivity index (χ1) is 9.36. The zero-order chi connectivity index (χ0) is 13.1. The minimum Gasteiger partial charge on any atom is -0.376 e. The molecule has 1 saturated heterocycles. The van der Waals surface area contributed by atoms with E-state index >= 15 is 0 Å². The topological polar surface area (TPSA) is 97.0 Å². The molecular weight excluding hydrogens is 248 g/mol. The number of nitrogens with zero attached hydrogens (tertiary/aromatic N) is 3. The molecule has 0 bridgehead atoms. The molecule has 102 valence electrons. The first-order valence-electron chi connectivity index (χ1n) is 6.19. The number of nitrogens with one attached hydrogen (secondary N) is 3. The van der Waals surface area contributed by atoms with E-state index < -0.39 is 0 Å². The average molecular weight is 264 g/mol. The number of aromatic nitrogens is 4. The van der Waals surface area contributed by atoms with Gasteiger partial charge in [0.2, 0.25) is 5.95 Å². The smallest absolute Gasteiger partial charge is 0.226 e. The maximum atomic E-state index is 5.58. The standard InChI is InChI=1S/C11H16N6O2/c1-12-11-15-9(8-5-14-17-10(8)16-11)13-4-7-6-18-2-3-19-7/h5,7H,2-4,6H2,1H3,(H3,12,13,14,15,16,17). The first kappa shape index (κ1) is 12.1. The Morgan fingerprint density at radius 1 is 1.42 bits per heavy atom. The lowest BCUT2D eigenvalue weighted by Gasteiger charge is -2.23. The molecule has 1 atom stereocenters. The molecule has 2 aromatic heterocycles. The van der Waals surface area contributed by atoms with Crippen molar-refractivity contribution in [3.8, 4) is 0 Å². The quantitative estimate of drug-likeness (QED) is 0.726. The fraction of sp³-hybridized carbons (Fsp3) is 0.545. The molecule has 1 aliphatic rings. The van der Waals surface area contributed by atoms with Crippen LogP contribution in [0.15, 0.2) is 6.20 Å². The molecule has 0 radical (unpaired) electrons. The summed E-state index contributed by atoms with van der Waals surface area (Å²) in [6.07, 6.45) is 1.75. The Hall–Kier alpha value is -1.93. The molecular formula is C11H16N6O2. The molecule has 0 amide bonds. The lowest BCUT2D eigenvalue weighted by molar-refractivity contribution is -0.0819. The zero-order valence-corrected chi connectivity index (χ0v) is 10.6. The molecule has 19 heavy (non-hydrogen) atoms. The largest absolute Gasteiger partial charge is 0.376 e. The van der Waals surface area contributed by atoms with Gasteiger partial charge in [0.25, 0.3) is 0 Å². The lowest BCUT2D eigenvalue weighted by Crippen LogP contribution is -2.34. The lowest BCUT2D eigenvalue weighted by atomic mass is 10.3. The summed E-state index contributed by atoms with van der Waals surface area (Å²) in [6, 6.07) is 0. The molecule has 1 fully saturated rings. The van der Waals surface area contributed by atoms with Gasteiger partial charge in [0, 0.05) is 13.6 Å². The van der Waals surface area contributed by atoms with E-state index in [1.807, 2.05) is 0 Å². The summed E-state index contributed by atoms with van der Waals surface area (Å²) in [5.74, 6) is 1.28. The van der Waals surface area contributed by atoms with Crippen molar-refractivity contribution in [1.82, 2.24) is 20.2 Å². The molecule has 0 aromatic carbocycles. The Balaban J connectivity index is 1.77. The van der Waals surface area contributed by atoms with E-state index in [1.54, 1.807) is 13.2 Å². The van der Waals surface area contributed by atoms with E-state index in [9.17, 15) is 0 Å². The van der Waals surface area contributed by atoms with Crippen LogP contribution in [0.1, 0.15) is 0 Å². The summed E-state index contributed by atoms with van der Waals surface area (Å²) in [4.78, 5) is 8.66. The molecule has 8 heteroatoms. The average Bonchev–Trinajstić information content (AvgIpc) is 2.94. The summed E-state index contributed by atoms with van der Waals surface area (Å²) < 4.78 is 10.9. The number of rotatable bonds is 4. The van der Waals surface area contributed by atoms with Gasteiger partial charge in [-0.1, -0.05) is 0 Å². The summed E-state index contributed by atoms with van der Waals surface area (Å²) in [5, 5.41) is 13.9. The zero-order valence-electron chi connectivity index (χ0n) is 10.6. The van der Waals surface area contributed by atoms with Crippen LogP contribution in [0, 0.1) is 0 Å². The van der Waals surface area contributed by atoms with Crippen molar-refractivity contribution in [2.24, 2.45) is 0 Å². The van der Waals surface area contributed by atoms with Crippen LogP contribution in [-0.4, -0.2) is 59.7 Å². The Morgan fingerprint density at radius 2 is 2.37 bits per heavy atom. The molecule has 0 saturated carbocycles. The fourth-order valence-electron chi connectivity index (χ4n) is 1.95. The van der Waals surface area contributed by atoms with E-state index in [4.69, 9.17) is 9.47 Å². The minimum atomic E-state index is 0.0451. The van der Waals surface area contributed by atoms with E-state index in [0.717, 1.165) is 11.2 Å². The van der Waals surface area contributed by atoms with Gasteiger partial charge in [-0.25, -0.2) is 0 Å². The van der Waals surface area contributed by atoms with E-state index in [0.29, 0.717) is 38.0 Å². The molecule has 0 spiro atoms. The van der Waals surface area contributed by atoms with Gasteiger partial charge < -0.3 is 20.1 Å². The fourth-order valence-corrected chi connectivity index (χ4v) is 1.95. The second-order valence-corrected chi connectivity index (χ2v) is 4.23. The third-order valence-electron chi connectivity index (χ3n) is 2.92. The number of fused-ring (bicyclic) bond motifs is 1. The number of hydrogen-bond acceptors (Lipinski definition) is 7. The number of aromatic amines is 1. The highest BCUT2D eigenvalue weighted by Gasteiger charge is 2.15. The number of hydrogen-bond donors (Lipinski definition) is 3. The second-order valence-electron chi connectivity index (χ2n) is 4.23. The molecule has 1 unspecified atom stereocenters. The summed E-state index contributed by atoms with van der Waals surface area (Å²) in [6.45, 7) is 2.55. The van der Waals surface area contributed by atoms with E-state index in [2.05, 4.69) is 30.8 Å². The molecule has 3 rings (SSSR count). The SMILES string of the molecule is CNc1nc(NCC2COCCO2)c2cn[nH]c2n1. The summed E-state index contributed by atoms with van der Waals surface area (Å²) in [7, 11) is 1.78. The van der Waals surface area contributed by atoms with Crippen molar-refractivity contribution in [3.05, 3.63) is 6.20 Å². The van der Waals surface area contributed by atoms with Crippen molar-refractivity contribution < 1.29 is 9.47 Å². The Bertz CT molecular complexity index is 551. The van der Waals surface area contributed by atoms with Crippen LogP contribution >= 0.6 is 0 Å². The van der Waals surface area contributed by atoms with Gasteiger partial charge in [-0.2, -0.15) is 15.1 Å².